The molecule has 5 heterocycles. The van der Waals surface area contributed by atoms with Gasteiger partial charge in [-0.2, -0.15) is 5.10 Å². The average molecular weight is 470 g/mol. The second-order valence-corrected chi connectivity index (χ2v) is 10.3. The summed E-state index contributed by atoms with van der Waals surface area (Å²) in [6.07, 6.45) is 6.64. The monoisotopic (exact) mass is 469 g/mol. The van der Waals surface area contributed by atoms with Crippen LogP contribution in [0.2, 0.25) is 0 Å². The number of hydrogen-bond acceptors (Lipinski definition) is 6. The fraction of sp³-hybridized carbons (Fsp3) is 0.583. The van der Waals surface area contributed by atoms with E-state index >= 15 is 0 Å². The normalized spacial score (nSPS) is 28.5. The molecule has 2 aromatic rings. The van der Waals surface area contributed by atoms with Gasteiger partial charge in [0.15, 0.2) is 5.82 Å². The molecule has 2 amide bonds. The molecule has 2 saturated carbocycles. The molecule has 0 unspecified atom stereocenters. The Bertz CT molecular complexity index is 1130. The zero-order chi connectivity index (χ0) is 23.5. The number of hydrogen-bond donors (Lipinski definition) is 2. The van der Waals surface area contributed by atoms with Gasteiger partial charge in [0.25, 0.3) is 5.91 Å². The molecule has 2 N–H and O–H groups in total. The third kappa shape index (κ3) is 3.55. The molecule has 1 spiro atoms. The van der Waals surface area contributed by atoms with E-state index in [1.807, 2.05) is 4.90 Å². The molecule has 34 heavy (non-hydrogen) atoms. The Morgan fingerprint density at radius 3 is 2.85 bits per heavy atom. The fourth-order valence-corrected chi connectivity index (χ4v) is 5.84. The number of nitrogens with one attached hydrogen (secondary N) is 2. The number of halogens is 1. The molecule has 2 bridgehead atoms. The standard InChI is InChI=1S/C24H28FN5O4/c1-33-20-6-16(17(25)11-26-20)18-7-19(29-28-18)22(32)30-5-2-14(8-24(30)3-4-24)21(31)27-12-23-9-15(10-23)34-13-23/h6-7,11,14-15H,2-5,8-10,12-13H2,1H3,(H,27,31)(H,28,29)/t14-,15?,23?/m1/s1. The van der Waals surface area contributed by atoms with Crippen LogP contribution >= 0.6 is 0 Å². The summed E-state index contributed by atoms with van der Waals surface area (Å²) in [7, 11) is 1.45. The van der Waals surface area contributed by atoms with Crippen LogP contribution < -0.4 is 10.1 Å². The molecule has 3 aliphatic heterocycles. The number of rotatable bonds is 6. The molecule has 0 radical (unpaired) electrons. The lowest BCUT2D eigenvalue weighted by molar-refractivity contribution is -0.127. The van der Waals surface area contributed by atoms with E-state index in [4.69, 9.17) is 9.47 Å². The van der Waals surface area contributed by atoms with Gasteiger partial charge in [-0.25, -0.2) is 9.37 Å². The minimum Gasteiger partial charge on any atom is -0.481 e. The van der Waals surface area contributed by atoms with Crippen LogP contribution in [0.4, 0.5) is 4.39 Å². The van der Waals surface area contributed by atoms with Crippen molar-refractivity contribution in [3.8, 4) is 17.1 Å². The first-order valence-corrected chi connectivity index (χ1v) is 11.9. The van der Waals surface area contributed by atoms with Gasteiger partial charge in [-0.3, -0.25) is 14.7 Å². The van der Waals surface area contributed by atoms with Crippen molar-refractivity contribution in [3.63, 3.8) is 0 Å². The molecule has 3 saturated heterocycles. The van der Waals surface area contributed by atoms with Crippen LogP contribution in [0.3, 0.4) is 0 Å². The average Bonchev–Trinajstić information content (AvgIpc) is 3.21. The lowest BCUT2D eigenvalue weighted by atomic mass is 9.70. The highest BCUT2D eigenvalue weighted by Gasteiger charge is 2.55. The summed E-state index contributed by atoms with van der Waals surface area (Å²) in [5.41, 5.74) is 0.701. The third-order valence-corrected chi connectivity index (χ3v) is 8.05. The Balaban J connectivity index is 1.12. The number of amides is 2. The summed E-state index contributed by atoms with van der Waals surface area (Å²) in [5, 5.41) is 10.1. The van der Waals surface area contributed by atoms with Crippen LogP contribution in [0.15, 0.2) is 18.3 Å². The van der Waals surface area contributed by atoms with Crippen LogP contribution in [-0.4, -0.2) is 70.3 Å². The maximum absolute atomic E-state index is 14.3. The summed E-state index contributed by atoms with van der Waals surface area (Å²) in [6, 6.07) is 3.01. The van der Waals surface area contributed by atoms with Gasteiger partial charge in [0, 0.05) is 41.6 Å². The van der Waals surface area contributed by atoms with E-state index in [2.05, 4.69) is 20.5 Å². The van der Waals surface area contributed by atoms with E-state index in [-0.39, 0.29) is 40.1 Å². The van der Waals surface area contributed by atoms with Crippen LogP contribution in [0.5, 0.6) is 5.88 Å². The van der Waals surface area contributed by atoms with Crippen molar-refractivity contribution in [1.82, 2.24) is 25.4 Å². The molecule has 2 aliphatic carbocycles. The van der Waals surface area contributed by atoms with Gasteiger partial charge in [0.1, 0.15) is 5.69 Å². The van der Waals surface area contributed by atoms with Crippen LogP contribution in [0, 0.1) is 17.2 Å². The maximum atomic E-state index is 14.3. The summed E-state index contributed by atoms with van der Waals surface area (Å²) in [5.74, 6) is -0.440. The zero-order valence-corrected chi connectivity index (χ0v) is 19.1. The number of fused-ring (bicyclic) bond motifs is 1. The fourth-order valence-electron chi connectivity index (χ4n) is 5.84. The zero-order valence-electron chi connectivity index (χ0n) is 19.1. The van der Waals surface area contributed by atoms with Crippen molar-refractivity contribution in [1.29, 1.82) is 0 Å². The molecular formula is C24H28FN5O4. The topological polar surface area (TPSA) is 109 Å². The highest BCUT2D eigenvalue weighted by Crippen LogP contribution is 2.51. The quantitative estimate of drug-likeness (QED) is 0.672. The molecule has 5 fully saturated rings. The number of likely N-dealkylation sites (tertiary alicyclic amines) is 1. The van der Waals surface area contributed by atoms with Gasteiger partial charge >= 0.3 is 0 Å². The number of nitrogens with zero attached hydrogens (tertiary/aromatic N) is 3. The molecule has 7 rings (SSSR count). The second kappa shape index (κ2) is 7.76. The number of carbonyl (C=O) groups excluding carboxylic acids is 2. The van der Waals surface area contributed by atoms with Crippen molar-refractivity contribution < 1.29 is 23.5 Å². The number of H-pyrrole nitrogens is 1. The number of methoxy groups -OCH3 is 1. The van der Waals surface area contributed by atoms with Gasteiger partial charge in [0.05, 0.1) is 31.7 Å². The van der Waals surface area contributed by atoms with E-state index in [0.29, 0.717) is 43.4 Å². The predicted octanol–water partition coefficient (Wildman–Crippen LogP) is 2.30. The lowest BCUT2D eigenvalue weighted by Crippen LogP contribution is -2.52. The van der Waals surface area contributed by atoms with Crippen LogP contribution in [0.1, 0.15) is 49.0 Å². The minimum absolute atomic E-state index is 0.0862. The van der Waals surface area contributed by atoms with E-state index < -0.39 is 5.82 Å². The highest BCUT2D eigenvalue weighted by atomic mass is 19.1. The van der Waals surface area contributed by atoms with E-state index in [1.165, 1.54) is 13.2 Å². The van der Waals surface area contributed by atoms with Crippen molar-refractivity contribution in [3.05, 3.63) is 29.8 Å². The van der Waals surface area contributed by atoms with Crippen molar-refractivity contribution >= 4 is 11.8 Å². The van der Waals surface area contributed by atoms with Gasteiger partial charge in [-0.15, -0.1) is 0 Å². The van der Waals surface area contributed by atoms with Crippen LogP contribution in [0.25, 0.3) is 11.3 Å². The number of aromatic amines is 1. The van der Waals surface area contributed by atoms with Crippen LogP contribution in [-0.2, 0) is 9.53 Å². The number of ether oxygens (including phenoxy) is 2. The summed E-state index contributed by atoms with van der Waals surface area (Å²) in [6.45, 7) is 1.94. The Morgan fingerprint density at radius 2 is 2.15 bits per heavy atom. The maximum Gasteiger partial charge on any atom is 0.272 e. The lowest BCUT2D eigenvalue weighted by Gasteiger charge is -2.40. The third-order valence-electron chi connectivity index (χ3n) is 8.05. The summed E-state index contributed by atoms with van der Waals surface area (Å²) < 4.78 is 25.0. The Hall–Kier alpha value is -3.01. The number of piperidine rings is 1. The number of aromatic nitrogens is 3. The molecule has 5 aliphatic rings. The van der Waals surface area contributed by atoms with E-state index in [9.17, 15) is 14.0 Å². The van der Waals surface area contributed by atoms with E-state index in [0.717, 1.165) is 38.5 Å². The van der Waals surface area contributed by atoms with Crippen molar-refractivity contribution in [2.24, 2.45) is 11.3 Å². The largest absolute Gasteiger partial charge is 0.481 e. The Morgan fingerprint density at radius 1 is 1.32 bits per heavy atom. The van der Waals surface area contributed by atoms with Gasteiger partial charge < -0.3 is 19.7 Å². The Kier molecular flexibility index (Phi) is 4.91. The second-order valence-electron chi connectivity index (χ2n) is 10.3. The van der Waals surface area contributed by atoms with Gasteiger partial charge in [-0.1, -0.05) is 0 Å². The summed E-state index contributed by atoms with van der Waals surface area (Å²) >= 11 is 0. The van der Waals surface area contributed by atoms with Crippen molar-refractivity contribution in [2.75, 3.05) is 26.8 Å². The van der Waals surface area contributed by atoms with Gasteiger partial charge in [0.2, 0.25) is 11.8 Å². The molecule has 0 aromatic carbocycles. The first kappa shape index (κ1) is 21.5. The Labute approximate surface area is 196 Å². The van der Waals surface area contributed by atoms with Crippen molar-refractivity contribution in [2.45, 2.75) is 50.2 Å². The predicted molar refractivity (Wildman–Crippen MR) is 118 cm³/mol. The number of carbonyl (C=O) groups is 2. The minimum atomic E-state index is -0.544. The summed E-state index contributed by atoms with van der Waals surface area (Å²) in [4.78, 5) is 32.0. The molecule has 10 heteroatoms. The van der Waals surface area contributed by atoms with E-state index in [1.54, 1.807) is 6.07 Å². The molecular weight excluding hydrogens is 441 g/mol. The molecule has 2 aromatic heterocycles. The van der Waals surface area contributed by atoms with Gasteiger partial charge in [-0.05, 0) is 44.6 Å². The smallest absolute Gasteiger partial charge is 0.272 e. The molecule has 1 atom stereocenters. The number of pyridine rings is 1. The first-order chi connectivity index (χ1) is 16.4. The molecule has 9 nitrogen and oxygen atoms in total. The molecule has 180 valence electrons. The highest BCUT2D eigenvalue weighted by molar-refractivity contribution is 5.94. The first-order valence-electron chi connectivity index (χ1n) is 11.9. The SMILES string of the molecule is COc1cc(-c2cc(C(=O)N3CC[C@@H](C(=O)NCC45COC(C4)C5)CC34CC4)[nH]n2)c(F)cn1.